The summed E-state index contributed by atoms with van der Waals surface area (Å²) in [7, 11) is 0. The van der Waals surface area contributed by atoms with E-state index in [1.54, 1.807) is 4.57 Å². The van der Waals surface area contributed by atoms with Gasteiger partial charge in [-0.3, -0.25) is 4.79 Å². The van der Waals surface area contributed by atoms with Crippen LogP contribution in [0.25, 0.3) is 22.5 Å². The highest BCUT2D eigenvalue weighted by atomic mass is 16.1. The second kappa shape index (κ2) is 5.75. The van der Waals surface area contributed by atoms with Crippen LogP contribution in [0.2, 0.25) is 0 Å². The molecule has 0 bridgehead atoms. The Bertz CT molecular complexity index is 792. The molecule has 0 radical (unpaired) electrons. The van der Waals surface area contributed by atoms with E-state index in [0.29, 0.717) is 6.54 Å². The van der Waals surface area contributed by atoms with Gasteiger partial charge in [0, 0.05) is 17.7 Å². The first-order valence-corrected chi connectivity index (χ1v) is 7.02. The first-order valence-electron chi connectivity index (χ1n) is 7.02. The standard InChI is InChI=1S/C18H16N2O/c1-2-20-16(21)13-19-17(14-9-5-3-6-10-14)18(20)15-11-7-4-8-12-15/h3-13H,2H2,1H3. The van der Waals surface area contributed by atoms with Crippen molar-refractivity contribution in [1.82, 2.24) is 9.55 Å². The predicted molar refractivity (Wildman–Crippen MR) is 85.0 cm³/mol. The summed E-state index contributed by atoms with van der Waals surface area (Å²) in [5.74, 6) is 0. The van der Waals surface area contributed by atoms with E-state index in [1.807, 2.05) is 67.6 Å². The summed E-state index contributed by atoms with van der Waals surface area (Å²) in [4.78, 5) is 16.5. The summed E-state index contributed by atoms with van der Waals surface area (Å²) in [6.45, 7) is 2.59. The Morgan fingerprint density at radius 1 is 0.905 bits per heavy atom. The molecular formula is C18H16N2O. The van der Waals surface area contributed by atoms with Gasteiger partial charge in [-0.25, -0.2) is 4.98 Å². The number of aromatic nitrogens is 2. The van der Waals surface area contributed by atoms with Gasteiger partial charge in [-0.05, 0) is 6.92 Å². The van der Waals surface area contributed by atoms with Crippen LogP contribution >= 0.6 is 0 Å². The van der Waals surface area contributed by atoms with Crippen molar-refractivity contribution >= 4 is 0 Å². The SMILES string of the molecule is CCn1c(-c2ccccc2)c(-c2ccccc2)ncc1=O. The summed E-state index contributed by atoms with van der Waals surface area (Å²) >= 11 is 0. The fourth-order valence-electron chi connectivity index (χ4n) is 2.50. The van der Waals surface area contributed by atoms with Crippen LogP contribution in [0.5, 0.6) is 0 Å². The molecule has 3 rings (SSSR count). The van der Waals surface area contributed by atoms with Crippen molar-refractivity contribution in [3.05, 3.63) is 77.2 Å². The van der Waals surface area contributed by atoms with E-state index in [-0.39, 0.29) is 5.56 Å². The van der Waals surface area contributed by atoms with Crippen LogP contribution in [0.1, 0.15) is 6.92 Å². The molecule has 104 valence electrons. The molecule has 0 atom stereocenters. The lowest BCUT2D eigenvalue weighted by Gasteiger charge is -2.15. The summed E-state index contributed by atoms with van der Waals surface area (Å²) in [5, 5.41) is 0. The zero-order valence-electron chi connectivity index (χ0n) is 11.9. The van der Waals surface area contributed by atoms with Crippen molar-refractivity contribution < 1.29 is 0 Å². The third-order valence-electron chi connectivity index (χ3n) is 3.48. The van der Waals surface area contributed by atoms with Crippen molar-refractivity contribution in [2.45, 2.75) is 13.5 Å². The van der Waals surface area contributed by atoms with Gasteiger partial charge in [0.15, 0.2) is 0 Å². The molecule has 0 aliphatic heterocycles. The Labute approximate surface area is 123 Å². The largest absolute Gasteiger partial charge is 0.305 e. The van der Waals surface area contributed by atoms with Crippen LogP contribution in [0.15, 0.2) is 71.7 Å². The molecule has 1 aromatic heterocycles. The van der Waals surface area contributed by atoms with E-state index in [4.69, 9.17) is 0 Å². The van der Waals surface area contributed by atoms with E-state index in [9.17, 15) is 4.79 Å². The summed E-state index contributed by atoms with van der Waals surface area (Å²) in [6, 6.07) is 19.9. The first kappa shape index (κ1) is 13.3. The lowest BCUT2D eigenvalue weighted by Crippen LogP contribution is -2.21. The third kappa shape index (κ3) is 2.50. The van der Waals surface area contributed by atoms with Gasteiger partial charge < -0.3 is 4.57 Å². The second-order valence-corrected chi connectivity index (χ2v) is 4.77. The van der Waals surface area contributed by atoms with Gasteiger partial charge >= 0.3 is 0 Å². The van der Waals surface area contributed by atoms with E-state index in [2.05, 4.69) is 4.98 Å². The first-order chi connectivity index (χ1) is 10.3. The lowest BCUT2D eigenvalue weighted by atomic mass is 10.0. The molecule has 3 nitrogen and oxygen atoms in total. The van der Waals surface area contributed by atoms with Gasteiger partial charge in [-0.2, -0.15) is 0 Å². The summed E-state index contributed by atoms with van der Waals surface area (Å²) in [5.41, 5.74) is 3.65. The van der Waals surface area contributed by atoms with Gasteiger partial charge in [-0.15, -0.1) is 0 Å². The van der Waals surface area contributed by atoms with Gasteiger partial charge in [0.05, 0.1) is 17.6 Å². The van der Waals surface area contributed by atoms with E-state index >= 15 is 0 Å². The molecule has 0 unspecified atom stereocenters. The molecule has 3 aromatic rings. The lowest BCUT2D eigenvalue weighted by molar-refractivity contribution is 0.728. The van der Waals surface area contributed by atoms with Crippen LogP contribution < -0.4 is 5.56 Å². The Morgan fingerprint density at radius 3 is 2.05 bits per heavy atom. The van der Waals surface area contributed by atoms with E-state index in [0.717, 1.165) is 22.5 Å². The maximum Gasteiger partial charge on any atom is 0.269 e. The molecule has 0 fully saturated rings. The quantitative estimate of drug-likeness (QED) is 0.732. The normalized spacial score (nSPS) is 10.5. The highest BCUT2D eigenvalue weighted by molar-refractivity contribution is 5.77. The molecule has 0 saturated carbocycles. The maximum atomic E-state index is 12.1. The van der Waals surface area contributed by atoms with Crippen LogP contribution in [0.3, 0.4) is 0 Å². The van der Waals surface area contributed by atoms with Crippen LogP contribution in [-0.2, 0) is 6.54 Å². The van der Waals surface area contributed by atoms with Crippen molar-refractivity contribution in [2.75, 3.05) is 0 Å². The number of rotatable bonds is 3. The molecule has 0 spiro atoms. The molecule has 1 heterocycles. The molecule has 3 heteroatoms. The Morgan fingerprint density at radius 2 is 1.48 bits per heavy atom. The highest BCUT2D eigenvalue weighted by Gasteiger charge is 2.14. The van der Waals surface area contributed by atoms with Crippen molar-refractivity contribution in [2.24, 2.45) is 0 Å². The molecule has 0 aliphatic carbocycles. The second-order valence-electron chi connectivity index (χ2n) is 4.77. The molecule has 0 N–H and O–H groups in total. The fourth-order valence-corrected chi connectivity index (χ4v) is 2.50. The van der Waals surface area contributed by atoms with Crippen LogP contribution in [0, 0.1) is 0 Å². The highest BCUT2D eigenvalue weighted by Crippen LogP contribution is 2.28. The average molecular weight is 276 g/mol. The monoisotopic (exact) mass is 276 g/mol. The summed E-state index contributed by atoms with van der Waals surface area (Å²) in [6.07, 6.45) is 1.40. The van der Waals surface area contributed by atoms with E-state index in [1.165, 1.54) is 6.20 Å². The number of hydrogen-bond donors (Lipinski definition) is 0. The van der Waals surface area contributed by atoms with Crippen molar-refractivity contribution in [3.63, 3.8) is 0 Å². The Kier molecular flexibility index (Phi) is 3.65. The number of benzene rings is 2. The molecule has 0 amide bonds. The Hall–Kier alpha value is -2.68. The number of nitrogens with zero attached hydrogens (tertiary/aromatic N) is 2. The molecule has 0 saturated heterocycles. The third-order valence-corrected chi connectivity index (χ3v) is 3.48. The van der Waals surface area contributed by atoms with Crippen LogP contribution in [0.4, 0.5) is 0 Å². The van der Waals surface area contributed by atoms with Crippen molar-refractivity contribution in [3.8, 4) is 22.5 Å². The average Bonchev–Trinajstić information content (AvgIpc) is 2.56. The zero-order valence-corrected chi connectivity index (χ0v) is 11.9. The number of hydrogen-bond acceptors (Lipinski definition) is 2. The van der Waals surface area contributed by atoms with Crippen LogP contribution in [-0.4, -0.2) is 9.55 Å². The van der Waals surface area contributed by atoms with Gasteiger partial charge in [-0.1, -0.05) is 60.7 Å². The fraction of sp³-hybridized carbons (Fsp3) is 0.111. The summed E-state index contributed by atoms with van der Waals surface area (Å²) < 4.78 is 1.77. The molecular weight excluding hydrogens is 260 g/mol. The molecule has 2 aromatic carbocycles. The van der Waals surface area contributed by atoms with Gasteiger partial charge in [0.2, 0.25) is 0 Å². The zero-order chi connectivity index (χ0) is 14.7. The minimum absolute atomic E-state index is 0.0731. The predicted octanol–water partition coefficient (Wildman–Crippen LogP) is 3.60. The van der Waals surface area contributed by atoms with Gasteiger partial charge in [0.1, 0.15) is 0 Å². The van der Waals surface area contributed by atoms with Gasteiger partial charge in [0.25, 0.3) is 5.56 Å². The smallest absolute Gasteiger partial charge is 0.269 e. The topological polar surface area (TPSA) is 34.9 Å². The van der Waals surface area contributed by atoms with Crippen molar-refractivity contribution in [1.29, 1.82) is 0 Å². The maximum absolute atomic E-state index is 12.1. The Balaban J connectivity index is 2.34. The molecule has 21 heavy (non-hydrogen) atoms. The molecule has 0 aliphatic rings. The minimum Gasteiger partial charge on any atom is -0.305 e. The van der Waals surface area contributed by atoms with E-state index < -0.39 is 0 Å². The minimum atomic E-state index is -0.0731.